The Kier molecular flexibility index (Phi) is 13.1. The number of hydrogen-bond acceptors (Lipinski definition) is 14. The molecule has 0 radical (unpaired) electrons. The van der Waals surface area contributed by atoms with E-state index in [1.54, 1.807) is 22.6 Å². The average Bonchev–Trinajstić information content (AvgIpc) is 3.87. The summed E-state index contributed by atoms with van der Waals surface area (Å²) in [5.41, 5.74) is 0.592. The molecule has 3 aromatic rings. The van der Waals surface area contributed by atoms with Crippen molar-refractivity contribution in [1.29, 1.82) is 0 Å². The van der Waals surface area contributed by atoms with E-state index in [9.17, 15) is 37.5 Å². The predicted octanol–water partition coefficient (Wildman–Crippen LogP) is 0.175. The van der Waals surface area contributed by atoms with E-state index in [2.05, 4.69) is 31.2 Å². The molecule has 20 nitrogen and oxygen atoms in total. The molecule has 5 amide bonds. The number of amides is 5. The van der Waals surface area contributed by atoms with Crippen LogP contribution in [0.4, 0.5) is 5.95 Å². The standard InChI is InChI=1S/C40H50N10O10S/c51-32-10-9-29(37(54)45-32)50-38(55)27-6-3-7-31(35(27)39(50)56)60-23-33(52)42-14-18-59-19-17-47-15-16-48(61(57)58)30(22-47)28-20-25(12-13-41-28)44-40-43-21-24-8-11-34(53)49(36(24)46-40)26-4-1-2-5-26/h3,6-8,11,21,25-26,28-30,41H,1-2,4-5,9-10,12-20,22-23H2,(H,42,52)(H,57,58)(H,43,44,46)(H,45,51,54). The fraction of sp³-hybridized carbons (Fsp3) is 0.550. The molecule has 326 valence electrons. The van der Waals surface area contributed by atoms with Crippen LogP contribution in [0.2, 0.25) is 0 Å². The highest BCUT2D eigenvalue weighted by molar-refractivity contribution is 7.76. The van der Waals surface area contributed by atoms with E-state index >= 15 is 0 Å². The first-order valence-corrected chi connectivity index (χ1v) is 21.9. The summed E-state index contributed by atoms with van der Waals surface area (Å²) >= 11 is -2.16. The molecule has 61 heavy (non-hydrogen) atoms. The van der Waals surface area contributed by atoms with Gasteiger partial charge >= 0.3 is 0 Å². The van der Waals surface area contributed by atoms with Crippen molar-refractivity contribution in [1.82, 2.24) is 44.6 Å². The van der Waals surface area contributed by atoms with Crippen molar-refractivity contribution in [3.63, 3.8) is 0 Å². The molecule has 5 N–H and O–H groups in total. The van der Waals surface area contributed by atoms with Crippen LogP contribution in [0.25, 0.3) is 11.0 Å². The van der Waals surface area contributed by atoms with Gasteiger partial charge in [-0.15, -0.1) is 0 Å². The summed E-state index contributed by atoms with van der Waals surface area (Å²) in [4.78, 5) is 88.3. The van der Waals surface area contributed by atoms with E-state index in [0.29, 0.717) is 57.3 Å². The summed E-state index contributed by atoms with van der Waals surface area (Å²) in [6.07, 6.45) is 7.33. The Hall–Kier alpha value is -5.19. The second-order valence-corrected chi connectivity index (χ2v) is 16.9. The van der Waals surface area contributed by atoms with Gasteiger partial charge in [0.1, 0.15) is 17.4 Å². The average molecular weight is 863 g/mol. The Balaban J connectivity index is 0.784. The maximum atomic E-state index is 13.3. The number of pyridine rings is 1. The van der Waals surface area contributed by atoms with Crippen LogP contribution in [0.5, 0.6) is 5.75 Å². The number of fused-ring (bicyclic) bond motifs is 2. The maximum Gasteiger partial charge on any atom is 0.266 e. The highest BCUT2D eigenvalue weighted by atomic mass is 32.2. The summed E-state index contributed by atoms with van der Waals surface area (Å²) in [5.74, 6) is -2.57. The number of ether oxygens (including phenoxy) is 2. The van der Waals surface area contributed by atoms with Gasteiger partial charge in [0.25, 0.3) is 23.3 Å². The minimum absolute atomic E-state index is 0.00196. The lowest BCUT2D eigenvalue weighted by Gasteiger charge is -2.45. The van der Waals surface area contributed by atoms with Gasteiger partial charge in [-0.3, -0.25) is 53.0 Å². The van der Waals surface area contributed by atoms with Gasteiger partial charge in [0.05, 0.1) is 30.4 Å². The number of benzene rings is 1. The number of hydrogen-bond donors (Lipinski definition) is 5. The van der Waals surface area contributed by atoms with E-state index in [0.717, 1.165) is 42.4 Å². The Bertz CT molecular complexity index is 2270. The smallest absolute Gasteiger partial charge is 0.266 e. The summed E-state index contributed by atoms with van der Waals surface area (Å²) in [7, 11) is 0. The molecule has 1 aliphatic carbocycles. The lowest BCUT2D eigenvalue weighted by Crippen LogP contribution is -2.63. The van der Waals surface area contributed by atoms with Crippen molar-refractivity contribution < 1.29 is 42.2 Å². The van der Waals surface area contributed by atoms with Gasteiger partial charge in [0.15, 0.2) is 6.61 Å². The molecular formula is C40H50N10O10S. The Labute approximate surface area is 353 Å². The van der Waals surface area contributed by atoms with Crippen LogP contribution in [0.15, 0.2) is 41.3 Å². The zero-order valence-electron chi connectivity index (χ0n) is 33.6. The molecule has 3 saturated heterocycles. The van der Waals surface area contributed by atoms with Crippen molar-refractivity contribution in [3.05, 3.63) is 58.0 Å². The molecule has 4 aliphatic heterocycles. The minimum atomic E-state index is -2.16. The van der Waals surface area contributed by atoms with Gasteiger partial charge in [-0.1, -0.05) is 18.9 Å². The summed E-state index contributed by atoms with van der Waals surface area (Å²) in [5, 5.41) is 12.7. The van der Waals surface area contributed by atoms with Gasteiger partial charge in [-0.2, -0.15) is 9.29 Å². The molecule has 1 saturated carbocycles. The lowest BCUT2D eigenvalue weighted by molar-refractivity contribution is -0.136. The number of nitrogens with zero attached hydrogens (tertiary/aromatic N) is 6. The summed E-state index contributed by atoms with van der Waals surface area (Å²) < 4.78 is 37.6. The van der Waals surface area contributed by atoms with Gasteiger partial charge in [-0.25, -0.2) is 9.19 Å². The van der Waals surface area contributed by atoms with Crippen molar-refractivity contribution in [2.75, 3.05) is 64.4 Å². The van der Waals surface area contributed by atoms with Crippen LogP contribution in [0, 0.1) is 0 Å². The number of carbonyl (C=O) groups excluding carboxylic acids is 5. The van der Waals surface area contributed by atoms with Gasteiger partial charge in [0.2, 0.25) is 29.0 Å². The minimum Gasteiger partial charge on any atom is -0.483 e. The quantitative estimate of drug-likeness (QED) is 0.0777. The van der Waals surface area contributed by atoms with Gasteiger partial charge in [0, 0.05) is 74.9 Å². The molecule has 5 atom stereocenters. The number of nitrogens with one attached hydrogen (secondary N) is 4. The third-order valence-corrected chi connectivity index (χ3v) is 13.0. The van der Waals surface area contributed by atoms with Crippen molar-refractivity contribution in [3.8, 4) is 5.75 Å². The Morgan fingerprint density at radius 3 is 2.64 bits per heavy atom. The first-order valence-electron chi connectivity index (χ1n) is 20.9. The van der Waals surface area contributed by atoms with Gasteiger partial charge < -0.3 is 25.4 Å². The predicted molar refractivity (Wildman–Crippen MR) is 220 cm³/mol. The highest BCUT2D eigenvalue weighted by Gasteiger charge is 2.46. The maximum absolute atomic E-state index is 13.3. The van der Waals surface area contributed by atoms with E-state index in [1.807, 2.05) is 4.57 Å². The Morgan fingerprint density at radius 2 is 1.84 bits per heavy atom. The molecule has 0 bridgehead atoms. The molecule has 8 rings (SSSR count). The first kappa shape index (κ1) is 42.5. The summed E-state index contributed by atoms with van der Waals surface area (Å²) in [6.45, 7) is 3.12. The fourth-order valence-electron chi connectivity index (χ4n) is 9.12. The Morgan fingerprint density at radius 1 is 1.00 bits per heavy atom. The van der Waals surface area contributed by atoms with E-state index < -0.39 is 53.5 Å². The van der Waals surface area contributed by atoms with Crippen LogP contribution < -0.4 is 31.6 Å². The second-order valence-electron chi connectivity index (χ2n) is 16.0. The summed E-state index contributed by atoms with van der Waals surface area (Å²) in [6, 6.07) is 6.45. The molecule has 21 heteroatoms. The topological polar surface area (TPSA) is 247 Å². The molecule has 6 heterocycles. The van der Waals surface area contributed by atoms with Crippen LogP contribution in [0.1, 0.15) is 78.1 Å². The molecule has 1 aromatic carbocycles. The number of aromatic nitrogens is 3. The third-order valence-electron chi connectivity index (χ3n) is 12.2. The van der Waals surface area contributed by atoms with E-state index in [4.69, 9.17) is 14.5 Å². The van der Waals surface area contributed by atoms with Crippen LogP contribution >= 0.6 is 0 Å². The highest BCUT2D eigenvalue weighted by Crippen LogP contribution is 2.34. The van der Waals surface area contributed by atoms with E-state index in [1.165, 1.54) is 18.2 Å². The van der Waals surface area contributed by atoms with Crippen molar-refractivity contribution >= 4 is 57.8 Å². The number of rotatable bonds is 15. The third kappa shape index (κ3) is 9.36. The van der Waals surface area contributed by atoms with Gasteiger partial charge in [-0.05, 0) is 56.8 Å². The molecule has 4 fully saturated rings. The van der Waals surface area contributed by atoms with Crippen LogP contribution in [-0.4, -0.2) is 150 Å². The zero-order chi connectivity index (χ0) is 42.6. The normalized spacial score (nSPS) is 24.5. The number of imide groups is 2. The fourth-order valence-corrected chi connectivity index (χ4v) is 9.80. The molecule has 0 spiro atoms. The lowest BCUT2D eigenvalue weighted by atomic mass is 9.92. The SMILES string of the molecule is O=C(COc1cccc2c1C(=O)N(C1CCC(=O)NC1=O)C2=O)NCCOCCN1CCN(S(=O)O)C(C2CC(Nc3ncc4ccc(=O)n(C5CCCC5)c4n3)CCN2)C1. The van der Waals surface area contributed by atoms with Crippen molar-refractivity contribution in [2.24, 2.45) is 0 Å². The monoisotopic (exact) mass is 862 g/mol. The number of piperidine rings is 2. The van der Waals surface area contributed by atoms with Crippen LogP contribution in [0.3, 0.4) is 0 Å². The molecule has 5 unspecified atom stereocenters. The molecule has 2 aromatic heterocycles. The number of carbonyl (C=O) groups is 5. The van der Waals surface area contributed by atoms with Crippen molar-refractivity contribution in [2.45, 2.75) is 81.6 Å². The van der Waals surface area contributed by atoms with E-state index in [-0.39, 0.29) is 72.6 Å². The number of anilines is 1. The molecular weight excluding hydrogens is 813 g/mol. The van der Waals surface area contributed by atoms with Crippen LogP contribution in [-0.2, 0) is 30.4 Å². The molecule has 5 aliphatic rings. The largest absolute Gasteiger partial charge is 0.483 e. The second kappa shape index (κ2) is 18.8. The number of piperazine rings is 1. The zero-order valence-corrected chi connectivity index (χ0v) is 34.4. The first-order chi connectivity index (χ1) is 29.5.